The van der Waals surface area contributed by atoms with Crippen LogP contribution in [0.25, 0.3) is 16.9 Å². The number of hydrogen-bond donors (Lipinski definition) is 0. The van der Waals surface area contributed by atoms with Gasteiger partial charge in [0.05, 0.1) is 23.9 Å². The molecule has 1 atom stereocenters. The SMILES string of the molecule is CCCc1c(Cc2cccc(-c3ccccc3)c2C#N)c(=O)n(C(C)COC)c2nc(C)nn12. The first-order valence-corrected chi connectivity index (χ1v) is 11.6. The smallest absolute Gasteiger partial charge is 0.259 e. The Balaban J connectivity index is 1.95. The Morgan fingerprint density at radius 2 is 1.91 bits per heavy atom. The summed E-state index contributed by atoms with van der Waals surface area (Å²) in [5.74, 6) is 1.13. The maximum Gasteiger partial charge on any atom is 0.259 e. The van der Waals surface area contributed by atoms with Crippen molar-refractivity contribution in [3.8, 4) is 17.2 Å². The molecule has 0 aliphatic carbocycles. The lowest BCUT2D eigenvalue weighted by atomic mass is 9.92. The molecule has 0 saturated heterocycles. The highest BCUT2D eigenvalue weighted by Gasteiger charge is 2.23. The highest BCUT2D eigenvalue weighted by Crippen LogP contribution is 2.28. The average molecular weight is 456 g/mol. The largest absolute Gasteiger partial charge is 0.383 e. The number of rotatable bonds is 8. The van der Waals surface area contributed by atoms with E-state index >= 15 is 0 Å². The van der Waals surface area contributed by atoms with Gasteiger partial charge in [-0.15, -0.1) is 0 Å². The zero-order valence-electron chi connectivity index (χ0n) is 20.1. The van der Waals surface area contributed by atoms with E-state index in [2.05, 4.69) is 23.1 Å². The molecule has 0 radical (unpaired) electrons. The summed E-state index contributed by atoms with van der Waals surface area (Å²) in [6.07, 6.45) is 1.88. The van der Waals surface area contributed by atoms with E-state index in [-0.39, 0.29) is 11.6 Å². The molecule has 2 aromatic carbocycles. The Labute approximate surface area is 199 Å². The second-order valence-electron chi connectivity index (χ2n) is 8.52. The van der Waals surface area contributed by atoms with Crippen LogP contribution < -0.4 is 5.56 Å². The molecule has 0 fully saturated rings. The molecule has 0 amide bonds. The Morgan fingerprint density at radius 1 is 1.15 bits per heavy atom. The van der Waals surface area contributed by atoms with Crippen LogP contribution in [0.1, 0.15) is 54.5 Å². The van der Waals surface area contributed by atoms with E-state index in [4.69, 9.17) is 4.74 Å². The van der Waals surface area contributed by atoms with Crippen molar-refractivity contribution in [2.24, 2.45) is 0 Å². The molecule has 7 heteroatoms. The molecular weight excluding hydrogens is 426 g/mol. The maximum absolute atomic E-state index is 13.9. The molecule has 174 valence electrons. The number of fused-ring (bicyclic) bond motifs is 1. The number of ether oxygens (including phenoxy) is 1. The van der Waals surface area contributed by atoms with Crippen LogP contribution in [0.15, 0.2) is 53.3 Å². The molecule has 4 aromatic rings. The summed E-state index contributed by atoms with van der Waals surface area (Å²) in [5.41, 5.74) is 4.62. The minimum Gasteiger partial charge on any atom is -0.383 e. The molecule has 0 spiro atoms. The number of nitrogens with zero attached hydrogens (tertiary/aromatic N) is 5. The summed E-state index contributed by atoms with van der Waals surface area (Å²) in [7, 11) is 1.62. The molecule has 0 aliphatic heterocycles. The van der Waals surface area contributed by atoms with E-state index in [1.165, 1.54) is 0 Å². The van der Waals surface area contributed by atoms with E-state index in [0.717, 1.165) is 28.8 Å². The van der Waals surface area contributed by atoms with Crippen LogP contribution in [0.4, 0.5) is 0 Å². The minimum atomic E-state index is -0.218. The molecule has 0 N–H and O–H groups in total. The van der Waals surface area contributed by atoms with Gasteiger partial charge in [-0.25, -0.2) is 4.52 Å². The average Bonchev–Trinajstić information content (AvgIpc) is 3.22. The van der Waals surface area contributed by atoms with Crippen molar-refractivity contribution < 1.29 is 4.74 Å². The molecule has 2 aromatic heterocycles. The van der Waals surface area contributed by atoms with Gasteiger partial charge >= 0.3 is 0 Å². The third-order valence-corrected chi connectivity index (χ3v) is 6.04. The van der Waals surface area contributed by atoms with E-state index in [1.807, 2.05) is 62.4 Å². The highest BCUT2D eigenvalue weighted by molar-refractivity contribution is 5.72. The number of hydrogen-bond acceptors (Lipinski definition) is 5. The Bertz CT molecular complexity index is 1410. The molecule has 4 rings (SSSR count). The number of aromatic nitrogens is 4. The molecular formula is C27H29N5O2. The zero-order chi connectivity index (χ0) is 24.2. The lowest BCUT2D eigenvalue weighted by molar-refractivity contribution is 0.161. The molecule has 0 bridgehead atoms. The molecule has 2 heterocycles. The number of benzene rings is 2. The van der Waals surface area contributed by atoms with Crippen LogP contribution in [-0.2, 0) is 17.6 Å². The third kappa shape index (κ3) is 4.25. The predicted molar refractivity (Wildman–Crippen MR) is 132 cm³/mol. The summed E-state index contributed by atoms with van der Waals surface area (Å²) < 4.78 is 8.82. The van der Waals surface area contributed by atoms with Crippen molar-refractivity contribution >= 4 is 5.78 Å². The van der Waals surface area contributed by atoms with Crippen molar-refractivity contribution in [2.45, 2.75) is 46.1 Å². The van der Waals surface area contributed by atoms with Gasteiger partial charge in [0.2, 0.25) is 5.78 Å². The summed E-state index contributed by atoms with van der Waals surface area (Å²) in [6.45, 7) is 6.22. The van der Waals surface area contributed by atoms with Crippen molar-refractivity contribution in [3.63, 3.8) is 0 Å². The van der Waals surface area contributed by atoms with Crippen LogP contribution in [0.3, 0.4) is 0 Å². The van der Waals surface area contributed by atoms with E-state index in [0.29, 0.717) is 42.2 Å². The van der Waals surface area contributed by atoms with Crippen molar-refractivity contribution in [2.75, 3.05) is 13.7 Å². The lowest BCUT2D eigenvalue weighted by Crippen LogP contribution is -2.33. The van der Waals surface area contributed by atoms with Crippen LogP contribution in [-0.4, -0.2) is 32.9 Å². The molecule has 34 heavy (non-hydrogen) atoms. The fourth-order valence-electron chi connectivity index (χ4n) is 4.54. The Hall–Kier alpha value is -3.76. The summed E-state index contributed by atoms with van der Waals surface area (Å²) >= 11 is 0. The first-order valence-electron chi connectivity index (χ1n) is 11.6. The van der Waals surface area contributed by atoms with Gasteiger partial charge in [-0.2, -0.15) is 15.3 Å². The first-order chi connectivity index (χ1) is 16.5. The number of aryl methyl sites for hydroxylation is 2. The summed E-state index contributed by atoms with van der Waals surface area (Å²) in [5, 5.41) is 14.7. The lowest BCUT2D eigenvalue weighted by Gasteiger charge is -2.20. The maximum atomic E-state index is 13.9. The van der Waals surface area contributed by atoms with E-state index < -0.39 is 0 Å². The van der Waals surface area contributed by atoms with Gasteiger partial charge in [0.25, 0.3) is 5.56 Å². The Kier molecular flexibility index (Phi) is 6.90. The van der Waals surface area contributed by atoms with Gasteiger partial charge in [0.1, 0.15) is 11.9 Å². The van der Waals surface area contributed by atoms with Crippen molar-refractivity contribution in [1.82, 2.24) is 19.2 Å². The second-order valence-corrected chi connectivity index (χ2v) is 8.52. The van der Waals surface area contributed by atoms with Crippen LogP contribution in [0.5, 0.6) is 0 Å². The van der Waals surface area contributed by atoms with Crippen molar-refractivity contribution in [3.05, 3.63) is 87.1 Å². The van der Waals surface area contributed by atoms with Crippen molar-refractivity contribution in [1.29, 1.82) is 5.26 Å². The standard InChI is InChI=1S/C27H29N5O2/c1-5-10-25-23(26(33)31(18(2)17-34-4)27-29-19(3)30-32(25)27)15-21-13-9-14-22(24(21)16-28)20-11-7-6-8-12-20/h6-9,11-14,18H,5,10,15,17H2,1-4H3. The normalized spacial score (nSPS) is 12.1. The number of methoxy groups -OCH3 is 1. The van der Waals surface area contributed by atoms with Gasteiger partial charge in [0.15, 0.2) is 0 Å². The van der Waals surface area contributed by atoms with Crippen LogP contribution in [0, 0.1) is 18.3 Å². The zero-order valence-corrected chi connectivity index (χ0v) is 20.1. The van der Waals surface area contributed by atoms with Gasteiger partial charge in [0, 0.05) is 19.1 Å². The third-order valence-electron chi connectivity index (χ3n) is 6.04. The highest BCUT2D eigenvalue weighted by atomic mass is 16.5. The fourth-order valence-corrected chi connectivity index (χ4v) is 4.54. The van der Waals surface area contributed by atoms with Crippen LogP contribution >= 0.6 is 0 Å². The minimum absolute atomic E-state index is 0.109. The summed E-state index contributed by atoms with van der Waals surface area (Å²) in [6, 6.07) is 17.9. The number of nitriles is 1. The summed E-state index contributed by atoms with van der Waals surface area (Å²) in [4.78, 5) is 18.5. The Morgan fingerprint density at radius 3 is 2.59 bits per heavy atom. The molecule has 1 unspecified atom stereocenters. The van der Waals surface area contributed by atoms with Gasteiger partial charge in [-0.3, -0.25) is 9.36 Å². The second kappa shape index (κ2) is 10.0. The molecule has 0 saturated carbocycles. The van der Waals surface area contributed by atoms with Gasteiger partial charge < -0.3 is 4.74 Å². The molecule has 0 aliphatic rings. The van der Waals surface area contributed by atoms with Gasteiger partial charge in [-0.05, 0) is 37.0 Å². The topological polar surface area (TPSA) is 85.2 Å². The van der Waals surface area contributed by atoms with Crippen LogP contribution in [0.2, 0.25) is 0 Å². The quantitative estimate of drug-likeness (QED) is 0.391. The predicted octanol–water partition coefficient (Wildman–Crippen LogP) is 4.49. The fraction of sp³-hybridized carbons (Fsp3) is 0.333. The van der Waals surface area contributed by atoms with Gasteiger partial charge in [-0.1, -0.05) is 61.9 Å². The molecule has 7 nitrogen and oxygen atoms in total. The van der Waals surface area contributed by atoms with E-state index in [1.54, 1.807) is 16.2 Å². The van der Waals surface area contributed by atoms with E-state index in [9.17, 15) is 10.1 Å². The monoisotopic (exact) mass is 455 g/mol. The first kappa shape index (κ1) is 23.4.